The van der Waals surface area contributed by atoms with Crippen LogP contribution in [-0.4, -0.2) is 23.1 Å². The Morgan fingerprint density at radius 3 is 2.37 bits per heavy atom. The third-order valence-corrected chi connectivity index (χ3v) is 5.13. The summed E-state index contributed by atoms with van der Waals surface area (Å²) in [5, 5.41) is 0. The van der Waals surface area contributed by atoms with Crippen LogP contribution >= 0.6 is 15.9 Å². The van der Waals surface area contributed by atoms with E-state index in [2.05, 4.69) is 30.8 Å². The highest BCUT2D eigenvalue weighted by molar-refractivity contribution is 9.10. The molecule has 2 heterocycles. The van der Waals surface area contributed by atoms with Gasteiger partial charge in [-0.2, -0.15) is 4.98 Å². The second-order valence-electron chi connectivity index (χ2n) is 5.96. The third kappa shape index (κ3) is 2.86. The Morgan fingerprint density at radius 2 is 1.74 bits per heavy atom. The normalized spacial score (nSPS) is 22.7. The summed E-state index contributed by atoms with van der Waals surface area (Å²) in [6.45, 7) is 2.13. The van der Waals surface area contributed by atoms with Gasteiger partial charge >= 0.3 is 0 Å². The van der Waals surface area contributed by atoms with Crippen molar-refractivity contribution in [1.82, 2.24) is 9.97 Å². The number of piperidine rings is 1. The fourth-order valence-electron chi connectivity index (χ4n) is 3.55. The van der Waals surface area contributed by atoms with Gasteiger partial charge in [0.2, 0.25) is 5.95 Å². The van der Waals surface area contributed by atoms with Gasteiger partial charge in [0.05, 0.1) is 0 Å². The molecule has 3 rings (SSSR count). The average molecular weight is 325 g/mol. The number of rotatable bonds is 1. The smallest absolute Gasteiger partial charge is 0.228 e. The van der Waals surface area contributed by atoms with Gasteiger partial charge < -0.3 is 10.6 Å². The lowest BCUT2D eigenvalue weighted by molar-refractivity contribution is 0.144. The predicted molar refractivity (Wildman–Crippen MR) is 81.1 cm³/mol. The third-order valence-electron chi connectivity index (χ3n) is 4.72. The first kappa shape index (κ1) is 13.2. The van der Waals surface area contributed by atoms with Crippen molar-refractivity contribution >= 4 is 27.7 Å². The van der Waals surface area contributed by atoms with E-state index >= 15 is 0 Å². The number of nitrogen functional groups attached to an aromatic ring is 1. The van der Waals surface area contributed by atoms with Crippen molar-refractivity contribution in [3.05, 3.63) is 10.7 Å². The maximum absolute atomic E-state index is 5.79. The number of hydrogen-bond donors (Lipinski definition) is 1. The molecule has 19 heavy (non-hydrogen) atoms. The maximum atomic E-state index is 5.79. The highest BCUT2D eigenvalue weighted by Crippen LogP contribution is 2.44. The first-order valence-corrected chi connectivity index (χ1v) is 8.01. The molecule has 1 aromatic rings. The number of nitrogens with zero attached hydrogens (tertiary/aromatic N) is 3. The molecule has 0 unspecified atom stereocenters. The lowest BCUT2D eigenvalue weighted by Gasteiger charge is -2.44. The van der Waals surface area contributed by atoms with Crippen LogP contribution in [-0.2, 0) is 0 Å². The second-order valence-corrected chi connectivity index (χ2v) is 6.78. The van der Waals surface area contributed by atoms with Gasteiger partial charge in [0, 0.05) is 19.2 Å². The van der Waals surface area contributed by atoms with Crippen LogP contribution in [0.2, 0.25) is 0 Å². The number of hydrogen-bond acceptors (Lipinski definition) is 4. The van der Waals surface area contributed by atoms with Crippen molar-refractivity contribution in [1.29, 1.82) is 0 Å². The standard InChI is InChI=1S/C14H21BrN4/c15-11-10-12(16)18-13(17-11)19-8-6-14(7-9-19)4-2-1-3-5-14/h10H,1-9H2,(H2,16,17,18). The number of aromatic nitrogens is 2. The van der Waals surface area contributed by atoms with Crippen molar-refractivity contribution in [2.75, 3.05) is 23.7 Å². The summed E-state index contributed by atoms with van der Waals surface area (Å²) in [6, 6.07) is 1.75. The molecule has 1 aromatic heterocycles. The molecule has 1 spiro atoms. The molecule has 0 atom stereocenters. The lowest BCUT2D eigenvalue weighted by Crippen LogP contribution is -2.41. The van der Waals surface area contributed by atoms with E-state index in [4.69, 9.17) is 5.73 Å². The Balaban J connectivity index is 1.69. The van der Waals surface area contributed by atoms with Crippen LogP contribution in [0.4, 0.5) is 11.8 Å². The molecule has 2 N–H and O–H groups in total. The van der Waals surface area contributed by atoms with Gasteiger partial charge in [0.1, 0.15) is 10.4 Å². The Kier molecular flexibility index (Phi) is 3.65. The molecule has 0 amide bonds. The Hall–Kier alpha value is -0.840. The molecule has 1 saturated heterocycles. The van der Waals surface area contributed by atoms with E-state index < -0.39 is 0 Å². The van der Waals surface area contributed by atoms with E-state index in [1.807, 2.05) is 0 Å². The summed E-state index contributed by atoms with van der Waals surface area (Å²) in [4.78, 5) is 11.1. The Bertz CT molecular complexity index is 427. The van der Waals surface area contributed by atoms with Gasteiger partial charge in [-0.05, 0) is 47.0 Å². The topological polar surface area (TPSA) is 55.0 Å². The van der Waals surface area contributed by atoms with Crippen molar-refractivity contribution in [2.45, 2.75) is 44.9 Å². The quantitative estimate of drug-likeness (QED) is 0.804. The lowest BCUT2D eigenvalue weighted by atomic mass is 9.68. The zero-order valence-corrected chi connectivity index (χ0v) is 12.8. The largest absolute Gasteiger partial charge is 0.383 e. The number of nitrogens with two attached hydrogens (primary N) is 1. The fourth-order valence-corrected chi connectivity index (χ4v) is 3.94. The molecule has 4 nitrogen and oxygen atoms in total. The van der Waals surface area contributed by atoms with Crippen LogP contribution in [0.15, 0.2) is 10.7 Å². The van der Waals surface area contributed by atoms with Crippen LogP contribution in [0.25, 0.3) is 0 Å². The van der Waals surface area contributed by atoms with Gasteiger partial charge in [-0.3, -0.25) is 0 Å². The Labute approximate surface area is 122 Å². The van der Waals surface area contributed by atoms with Crippen molar-refractivity contribution in [3.8, 4) is 0 Å². The van der Waals surface area contributed by atoms with E-state index in [9.17, 15) is 0 Å². The van der Waals surface area contributed by atoms with E-state index in [0.717, 1.165) is 23.6 Å². The van der Waals surface area contributed by atoms with Gasteiger partial charge in [-0.1, -0.05) is 19.3 Å². The molecule has 1 aliphatic heterocycles. The fraction of sp³-hybridized carbons (Fsp3) is 0.714. The number of anilines is 2. The SMILES string of the molecule is Nc1cc(Br)nc(N2CCC3(CCCCC3)CC2)n1. The first-order valence-electron chi connectivity index (χ1n) is 7.22. The van der Waals surface area contributed by atoms with Gasteiger partial charge in [0.15, 0.2) is 0 Å². The van der Waals surface area contributed by atoms with Gasteiger partial charge in [-0.25, -0.2) is 4.98 Å². The molecule has 104 valence electrons. The van der Waals surface area contributed by atoms with Gasteiger partial charge in [0.25, 0.3) is 0 Å². The summed E-state index contributed by atoms with van der Waals surface area (Å²) in [5.74, 6) is 1.31. The van der Waals surface area contributed by atoms with Crippen molar-refractivity contribution in [2.24, 2.45) is 5.41 Å². The van der Waals surface area contributed by atoms with Crippen LogP contribution < -0.4 is 10.6 Å². The highest BCUT2D eigenvalue weighted by atomic mass is 79.9. The molecule has 1 saturated carbocycles. The Morgan fingerprint density at radius 1 is 1.05 bits per heavy atom. The van der Waals surface area contributed by atoms with Crippen LogP contribution in [0.5, 0.6) is 0 Å². The second kappa shape index (κ2) is 5.27. The average Bonchev–Trinajstić information content (AvgIpc) is 2.39. The van der Waals surface area contributed by atoms with Crippen molar-refractivity contribution < 1.29 is 0 Å². The molecule has 0 bridgehead atoms. The zero-order valence-electron chi connectivity index (χ0n) is 11.2. The molecule has 1 aliphatic carbocycles. The van der Waals surface area contributed by atoms with E-state index in [1.54, 1.807) is 6.07 Å². The number of halogens is 1. The minimum absolute atomic E-state index is 0.537. The highest BCUT2D eigenvalue weighted by Gasteiger charge is 2.36. The van der Waals surface area contributed by atoms with Gasteiger partial charge in [-0.15, -0.1) is 0 Å². The van der Waals surface area contributed by atoms with E-state index in [1.165, 1.54) is 44.9 Å². The molecule has 0 radical (unpaired) electrons. The minimum Gasteiger partial charge on any atom is -0.383 e. The molecule has 2 aliphatic rings. The minimum atomic E-state index is 0.537. The molecule has 0 aromatic carbocycles. The summed E-state index contributed by atoms with van der Waals surface area (Å²) in [5.41, 5.74) is 6.41. The monoisotopic (exact) mass is 324 g/mol. The molecular formula is C14H21BrN4. The van der Waals surface area contributed by atoms with Crippen LogP contribution in [0.3, 0.4) is 0 Å². The molecule has 5 heteroatoms. The summed E-state index contributed by atoms with van der Waals surface area (Å²) in [6.07, 6.45) is 9.66. The van der Waals surface area contributed by atoms with Crippen molar-refractivity contribution in [3.63, 3.8) is 0 Å². The van der Waals surface area contributed by atoms with E-state index in [0.29, 0.717) is 11.2 Å². The summed E-state index contributed by atoms with van der Waals surface area (Å²) < 4.78 is 0.771. The van der Waals surface area contributed by atoms with E-state index in [-0.39, 0.29) is 0 Å². The molecule has 2 fully saturated rings. The molecular weight excluding hydrogens is 304 g/mol. The summed E-state index contributed by atoms with van der Waals surface area (Å²) in [7, 11) is 0. The maximum Gasteiger partial charge on any atom is 0.228 e. The van der Waals surface area contributed by atoms with Crippen LogP contribution in [0.1, 0.15) is 44.9 Å². The predicted octanol–water partition coefficient (Wildman–Crippen LogP) is 3.37. The van der Waals surface area contributed by atoms with Crippen LogP contribution in [0, 0.1) is 5.41 Å². The first-order chi connectivity index (χ1) is 9.17. The zero-order chi connectivity index (χ0) is 13.3. The summed E-state index contributed by atoms with van der Waals surface area (Å²) >= 11 is 3.39.